The zero-order chi connectivity index (χ0) is 26.6. The fourth-order valence-electron chi connectivity index (χ4n) is 3.56. The summed E-state index contributed by atoms with van der Waals surface area (Å²) in [5.41, 5.74) is -1.35. The van der Waals surface area contributed by atoms with Gasteiger partial charge in [0, 0.05) is 35.5 Å². The van der Waals surface area contributed by atoms with Gasteiger partial charge in [0.15, 0.2) is 0 Å². The number of amides is 3. The summed E-state index contributed by atoms with van der Waals surface area (Å²) in [5, 5.41) is 2.27. The number of carbonyl (C=O) groups excluding carboxylic acids is 4. The van der Waals surface area contributed by atoms with Crippen LogP contribution in [0.2, 0.25) is 5.02 Å². The summed E-state index contributed by atoms with van der Waals surface area (Å²) in [7, 11) is 0. The number of halogens is 3. The molecule has 2 heterocycles. The maximum atomic E-state index is 14.6. The predicted octanol–water partition coefficient (Wildman–Crippen LogP) is 3.39. The van der Waals surface area contributed by atoms with Crippen LogP contribution in [0.25, 0.3) is 0 Å². The molecule has 0 saturated carbocycles. The van der Waals surface area contributed by atoms with Gasteiger partial charge in [0.1, 0.15) is 6.04 Å². The summed E-state index contributed by atoms with van der Waals surface area (Å²) in [4.78, 5) is 49.8. The van der Waals surface area contributed by atoms with E-state index in [2.05, 4.69) is 5.32 Å². The Morgan fingerprint density at radius 1 is 1.25 bits per heavy atom. The standard InChI is InChI=1S/C23H19ClF2N2O4/c24-16-5-3-15(4-6-16)23(25,26)19(29)9-2-13-1-7-17-14(11-13)12-28(22(17)32)18-8-10-20(30)27-21(18)31/h1,3-7,11,18H,2,8-10,12H2,(H,27,30,31)/i1D,7D,12D2. The molecule has 9 heteroatoms. The molecule has 2 aliphatic heterocycles. The van der Waals surface area contributed by atoms with Gasteiger partial charge in [0.25, 0.3) is 5.91 Å². The minimum atomic E-state index is -3.83. The van der Waals surface area contributed by atoms with Crippen molar-refractivity contribution in [2.75, 3.05) is 0 Å². The third-order valence-electron chi connectivity index (χ3n) is 5.31. The van der Waals surface area contributed by atoms with Crippen LogP contribution in [0.5, 0.6) is 0 Å². The molecule has 2 aromatic carbocycles. The van der Waals surface area contributed by atoms with E-state index in [1.807, 2.05) is 0 Å². The number of alkyl halides is 2. The van der Waals surface area contributed by atoms with Crippen molar-refractivity contribution < 1.29 is 33.4 Å². The Morgan fingerprint density at radius 2 is 1.97 bits per heavy atom. The highest BCUT2D eigenvalue weighted by Gasteiger charge is 2.41. The number of nitrogens with zero attached hydrogens (tertiary/aromatic N) is 1. The second-order valence-electron chi connectivity index (χ2n) is 7.47. The zero-order valence-electron chi connectivity index (χ0n) is 20.5. The quantitative estimate of drug-likeness (QED) is 0.664. The summed E-state index contributed by atoms with van der Waals surface area (Å²) in [6, 6.07) is 3.14. The molecule has 1 N–H and O–H groups in total. The summed E-state index contributed by atoms with van der Waals surface area (Å²) < 4.78 is 62.8. The van der Waals surface area contributed by atoms with E-state index < -0.39 is 78.0 Å². The molecule has 1 atom stereocenters. The summed E-state index contributed by atoms with van der Waals surface area (Å²) >= 11 is 5.71. The number of imide groups is 1. The van der Waals surface area contributed by atoms with Gasteiger partial charge in [0.05, 0.1) is 5.48 Å². The number of hydrogen-bond donors (Lipinski definition) is 1. The van der Waals surface area contributed by atoms with Gasteiger partial charge >= 0.3 is 5.92 Å². The Balaban J connectivity index is 1.62. The third kappa shape index (κ3) is 4.14. The predicted molar refractivity (Wildman–Crippen MR) is 111 cm³/mol. The second kappa shape index (κ2) is 8.43. The SMILES string of the molecule is [2H]c1c(CCC(=O)C(F)(F)c2ccc(Cl)cc2)cc2c(c1[2H])C(=O)N(C1CCC(=O)NC1=O)C2([2H])[2H]. The smallest absolute Gasteiger partial charge is 0.322 e. The van der Waals surface area contributed by atoms with Crippen LogP contribution in [-0.4, -0.2) is 34.4 Å². The molecule has 4 rings (SSSR count). The van der Waals surface area contributed by atoms with Gasteiger partial charge in [0.2, 0.25) is 17.6 Å². The lowest BCUT2D eigenvalue weighted by Gasteiger charge is -2.29. The minimum Gasteiger partial charge on any atom is -0.322 e. The molecule has 0 aliphatic carbocycles. The fourth-order valence-corrected chi connectivity index (χ4v) is 3.68. The van der Waals surface area contributed by atoms with Gasteiger partial charge in [-0.1, -0.05) is 35.8 Å². The van der Waals surface area contributed by atoms with Crippen molar-refractivity contribution in [2.45, 2.75) is 44.1 Å². The van der Waals surface area contributed by atoms with Gasteiger partial charge in [-0.25, -0.2) is 0 Å². The lowest BCUT2D eigenvalue weighted by Crippen LogP contribution is -2.52. The van der Waals surface area contributed by atoms with Crippen LogP contribution >= 0.6 is 11.6 Å². The molecule has 1 fully saturated rings. The maximum Gasteiger partial charge on any atom is 0.330 e. The van der Waals surface area contributed by atoms with E-state index in [1.54, 1.807) is 0 Å². The molecule has 6 nitrogen and oxygen atoms in total. The van der Waals surface area contributed by atoms with Crippen LogP contribution in [0.15, 0.2) is 42.4 Å². The fraction of sp³-hybridized carbons (Fsp3) is 0.304. The average Bonchev–Trinajstić information content (AvgIpc) is 3.00. The number of fused-ring (bicyclic) bond motifs is 1. The molecule has 1 unspecified atom stereocenters. The first-order chi connectivity index (χ1) is 16.8. The Kier molecular flexibility index (Phi) is 4.59. The van der Waals surface area contributed by atoms with Crippen LogP contribution < -0.4 is 5.32 Å². The number of nitrogens with one attached hydrogen (secondary N) is 1. The van der Waals surface area contributed by atoms with Crippen LogP contribution in [0, 0.1) is 0 Å². The van der Waals surface area contributed by atoms with E-state index in [0.717, 1.165) is 18.2 Å². The normalized spacial score (nSPS) is 21.9. The number of benzene rings is 2. The number of Topliss-reactive ketones (excluding diaryl/α,β-unsaturated/α-hetero) is 1. The first-order valence-corrected chi connectivity index (χ1v) is 10.1. The van der Waals surface area contributed by atoms with E-state index in [-0.39, 0.29) is 29.0 Å². The highest BCUT2D eigenvalue weighted by molar-refractivity contribution is 6.30. The molecule has 3 amide bonds. The number of ketones is 1. The van der Waals surface area contributed by atoms with Crippen molar-refractivity contribution in [3.8, 4) is 0 Å². The van der Waals surface area contributed by atoms with Crippen molar-refractivity contribution in [3.05, 3.63) is 69.7 Å². The molecule has 0 radical (unpaired) electrons. The molecule has 0 aromatic heterocycles. The van der Waals surface area contributed by atoms with Crippen LogP contribution in [0.3, 0.4) is 0 Å². The Morgan fingerprint density at radius 3 is 2.66 bits per heavy atom. The largest absolute Gasteiger partial charge is 0.330 e. The van der Waals surface area contributed by atoms with E-state index in [4.69, 9.17) is 17.1 Å². The molecule has 0 spiro atoms. The molecule has 2 aliphatic rings. The van der Waals surface area contributed by atoms with Crippen LogP contribution in [-0.2, 0) is 33.2 Å². The summed E-state index contributed by atoms with van der Waals surface area (Å²) in [6.45, 7) is -2.58. The molecule has 32 heavy (non-hydrogen) atoms. The van der Waals surface area contributed by atoms with Crippen LogP contribution in [0.4, 0.5) is 8.78 Å². The van der Waals surface area contributed by atoms with Crippen molar-refractivity contribution >= 4 is 35.1 Å². The number of piperidine rings is 1. The van der Waals surface area contributed by atoms with Gasteiger partial charge in [-0.15, -0.1) is 0 Å². The molecule has 0 bridgehead atoms. The Labute approximate surface area is 193 Å². The van der Waals surface area contributed by atoms with Crippen molar-refractivity contribution in [1.29, 1.82) is 0 Å². The van der Waals surface area contributed by atoms with E-state index in [1.165, 1.54) is 12.1 Å². The molecule has 166 valence electrons. The van der Waals surface area contributed by atoms with Gasteiger partial charge in [-0.2, -0.15) is 8.78 Å². The first kappa shape index (κ1) is 17.4. The van der Waals surface area contributed by atoms with E-state index in [0.29, 0.717) is 4.90 Å². The van der Waals surface area contributed by atoms with E-state index in [9.17, 15) is 28.0 Å². The van der Waals surface area contributed by atoms with Crippen LogP contribution in [0.1, 0.15) is 51.8 Å². The van der Waals surface area contributed by atoms with E-state index >= 15 is 0 Å². The molecule has 2 aromatic rings. The van der Waals surface area contributed by atoms with Crippen molar-refractivity contribution in [1.82, 2.24) is 10.2 Å². The van der Waals surface area contributed by atoms with Gasteiger partial charge in [-0.3, -0.25) is 24.5 Å². The molecule has 1 saturated heterocycles. The molecular formula is C23H19ClF2N2O4. The number of aryl methyl sites for hydroxylation is 1. The molecular weight excluding hydrogens is 442 g/mol. The minimum absolute atomic E-state index is 0.0687. The Hall–Kier alpha value is -3.13. The lowest BCUT2D eigenvalue weighted by atomic mass is 9.97. The van der Waals surface area contributed by atoms with Gasteiger partial charge < -0.3 is 4.90 Å². The first-order valence-electron chi connectivity index (χ1n) is 11.7. The number of hydrogen-bond acceptors (Lipinski definition) is 4. The third-order valence-corrected chi connectivity index (χ3v) is 5.56. The summed E-state index contributed by atoms with van der Waals surface area (Å²) in [6.07, 6.45) is -1.35. The van der Waals surface area contributed by atoms with Crippen molar-refractivity contribution in [2.24, 2.45) is 0 Å². The van der Waals surface area contributed by atoms with Gasteiger partial charge in [-0.05, 0) is 42.1 Å². The number of carbonyl (C=O) groups is 4. The monoisotopic (exact) mass is 464 g/mol. The average molecular weight is 465 g/mol. The zero-order valence-corrected chi connectivity index (χ0v) is 17.3. The maximum absolute atomic E-state index is 14.6. The lowest BCUT2D eigenvalue weighted by molar-refractivity contribution is -0.144. The second-order valence-corrected chi connectivity index (χ2v) is 7.90. The Bertz CT molecular complexity index is 1300. The number of rotatable bonds is 6. The van der Waals surface area contributed by atoms with Crippen molar-refractivity contribution in [3.63, 3.8) is 0 Å². The highest BCUT2D eigenvalue weighted by Crippen LogP contribution is 2.32. The topological polar surface area (TPSA) is 83.6 Å². The highest BCUT2D eigenvalue weighted by atomic mass is 35.5. The summed E-state index contributed by atoms with van der Waals surface area (Å²) in [5.74, 6) is -7.68.